The maximum Gasteiger partial charge on any atom is 0.260 e. The van der Waals surface area contributed by atoms with E-state index in [2.05, 4.69) is 26.1 Å². The highest BCUT2D eigenvalue weighted by atomic mass is 79.9. The average Bonchev–Trinajstić information content (AvgIpc) is 2.94. The zero-order valence-corrected chi connectivity index (χ0v) is 13.3. The third kappa shape index (κ3) is 2.56. The number of halogens is 1. The van der Waals surface area contributed by atoms with Crippen LogP contribution in [-0.2, 0) is 0 Å². The molecule has 0 spiro atoms. The molecule has 2 aromatic carbocycles. The van der Waals surface area contributed by atoms with Crippen LogP contribution in [0.4, 0.5) is 5.69 Å². The second-order valence-electron chi connectivity index (χ2n) is 4.93. The molecule has 0 aliphatic rings. The molecule has 106 valence electrons. The van der Waals surface area contributed by atoms with Gasteiger partial charge < -0.3 is 10.3 Å². The fourth-order valence-corrected chi connectivity index (χ4v) is 2.45. The van der Waals surface area contributed by atoms with Gasteiger partial charge in [0, 0.05) is 15.7 Å². The molecule has 1 heterocycles. The number of hydrogen-bond acceptors (Lipinski definition) is 4. The number of nitrogen functional groups attached to an aromatic ring is 1. The number of aryl methyl sites for hydroxylation is 2. The normalized spacial score (nSPS) is 10.8. The van der Waals surface area contributed by atoms with Gasteiger partial charge >= 0.3 is 0 Å². The molecule has 2 N–H and O–H groups in total. The van der Waals surface area contributed by atoms with Crippen LogP contribution in [0.1, 0.15) is 11.1 Å². The fourth-order valence-electron chi connectivity index (χ4n) is 2.22. The van der Waals surface area contributed by atoms with Gasteiger partial charge in [0.2, 0.25) is 5.82 Å². The number of nitrogens with two attached hydrogens (primary N) is 1. The summed E-state index contributed by atoms with van der Waals surface area (Å²) in [4.78, 5) is 4.45. The van der Waals surface area contributed by atoms with Crippen molar-refractivity contribution in [3.63, 3.8) is 0 Å². The first kappa shape index (κ1) is 13.8. The molecule has 0 amide bonds. The van der Waals surface area contributed by atoms with E-state index in [1.165, 1.54) is 0 Å². The standard InChI is InChI=1S/C16H14BrN3O/c1-9-7-11(8-10(2)14(9)17)15-19-16(21-20-15)12-5-3-4-6-13(12)18/h3-8H,18H2,1-2H3. The SMILES string of the molecule is Cc1cc(-c2noc(-c3ccccc3N)n2)cc(C)c1Br. The molecule has 3 rings (SSSR count). The van der Waals surface area contributed by atoms with Crippen molar-refractivity contribution in [3.8, 4) is 22.8 Å². The molecule has 0 radical (unpaired) electrons. The summed E-state index contributed by atoms with van der Waals surface area (Å²) in [6.07, 6.45) is 0. The van der Waals surface area contributed by atoms with E-state index in [9.17, 15) is 0 Å². The summed E-state index contributed by atoms with van der Waals surface area (Å²) in [5.41, 5.74) is 10.5. The van der Waals surface area contributed by atoms with Crippen LogP contribution in [0, 0.1) is 13.8 Å². The first-order valence-electron chi connectivity index (χ1n) is 6.52. The molecule has 21 heavy (non-hydrogen) atoms. The molecule has 0 saturated carbocycles. The predicted molar refractivity (Wildman–Crippen MR) is 86.8 cm³/mol. The number of anilines is 1. The Morgan fingerprint density at radius 3 is 2.43 bits per heavy atom. The average molecular weight is 344 g/mol. The van der Waals surface area contributed by atoms with Crippen molar-refractivity contribution in [1.29, 1.82) is 0 Å². The van der Waals surface area contributed by atoms with Gasteiger partial charge in [-0.05, 0) is 49.2 Å². The van der Waals surface area contributed by atoms with E-state index in [-0.39, 0.29) is 0 Å². The number of rotatable bonds is 2. The molecule has 3 aromatic rings. The van der Waals surface area contributed by atoms with Gasteiger partial charge in [0.05, 0.1) is 5.56 Å². The summed E-state index contributed by atoms with van der Waals surface area (Å²) in [5.74, 6) is 0.994. The molecule has 0 aliphatic heterocycles. The Balaban J connectivity index is 2.05. The molecule has 0 saturated heterocycles. The lowest BCUT2D eigenvalue weighted by Gasteiger charge is -2.04. The summed E-state index contributed by atoms with van der Waals surface area (Å²) in [6, 6.07) is 11.5. The molecule has 5 heteroatoms. The summed E-state index contributed by atoms with van der Waals surface area (Å²) in [5, 5.41) is 4.06. The molecular weight excluding hydrogens is 330 g/mol. The van der Waals surface area contributed by atoms with E-state index in [1.54, 1.807) is 0 Å². The van der Waals surface area contributed by atoms with Gasteiger partial charge in [0.25, 0.3) is 5.89 Å². The van der Waals surface area contributed by atoms with Crippen LogP contribution in [0.15, 0.2) is 45.4 Å². The highest BCUT2D eigenvalue weighted by Gasteiger charge is 2.14. The van der Waals surface area contributed by atoms with E-state index in [1.807, 2.05) is 50.2 Å². The minimum atomic E-state index is 0.432. The molecule has 0 aliphatic carbocycles. The van der Waals surface area contributed by atoms with Gasteiger partial charge in [0.1, 0.15) is 0 Å². The molecule has 4 nitrogen and oxygen atoms in total. The lowest BCUT2D eigenvalue weighted by molar-refractivity contribution is 0.432. The van der Waals surface area contributed by atoms with Gasteiger partial charge in [-0.3, -0.25) is 0 Å². The number of benzene rings is 2. The summed E-state index contributed by atoms with van der Waals surface area (Å²) in [6.45, 7) is 4.08. The first-order valence-corrected chi connectivity index (χ1v) is 7.31. The third-order valence-corrected chi connectivity index (χ3v) is 4.56. The van der Waals surface area contributed by atoms with Crippen LogP contribution >= 0.6 is 15.9 Å². The second-order valence-corrected chi connectivity index (χ2v) is 5.73. The first-order chi connectivity index (χ1) is 10.1. The molecule has 0 unspecified atom stereocenters. The molecular formula is C16H14BrN3O. The van der Waals surface area contributed by atoms with E-state index >= 15 is 0 Å². The van der Waals surface area contributed by atoms with E-state index in [0.717, 1.165) is 26.7 Å². The van der Waals surface area contributed by atoms with Crippen LogP contribution in [0.5, 0.6) is 0 Å². The minimum Gasteiger partial charge on any atom is -0.398 e. The molecule has 0 bridgehead atoms. The highest BCUT2D eigenvalue weighted by molar-refractivity contribution is 9.10. The third-order valence-electron chi connectivity index (χ3n) is 3.31. The lowest BCUT2D eigenvalue weighted by atomic mass is 10.1. The lowest BCUT2D eigenvalue weighted by Crippen LogP contribution is -1.90. The van der Waals surface area contributed by atoms with Crippen molar-refractivity contribution in [2.75, 3.05) is 5.73 Å². The number of hydrogen-bond donors (Lipinski definition) is 1. The molecule has 0 atom stereocenters. The zero-order valence-electron chi connectivity index (χ0n) is 11.7. The Hall–Kier alpha value is -2.14. The van der Waals surface area contributed by atoms with Gasteiger partial charge in [-0.2, -0.15) is 4.98 Å². The van der Waals surface area contributed by atoms with E-state index < -0.39 is 0 Å². The smallest absolute Gasteiger partial charge is 0.260 e. The Morgan fingerprint density at radius 2 is 1.76 bits per heavy atom. The van der Waals surface area contributed by atoms with Crippen LogP contribution in [0.2, 0.25) is 0 Å². The van der Waals surface area contributed by atoms with E-state index in [4.69, 9.17) is 10.3 Å². The largest absolute Gasteiger partial charge is 0.398 e. The van der Waals surface area contributed by atoms with Gasteiger partial charge in [-0.1, -0.05) is 33.2 Å². The Kier molecular flexibility index (Phi) is 3.51. The monoisotopic (exact) mass is 343 g/mol. The summed E-state index contributed by atoms with van der Waals surface area (Å²) >= 11 is 3.56. The van der Waals surface area contributed by atoms with Crippen LogP contribution < -0.4 is 5.73 Å². The number of aromatic nitrogens is 2. The highest BCUT2D eigenvalue weighted by Crippen LogP contribution is 2.29. The molecule has 0 fully saturated rings. The molecule has 1 aromatic heterocycles. The van der Waals surface area contributed by atoms with Crippen molar-refractivity contribution < 1.29 is 4.52 Å². The number of para-hydroxylation sites is 1. The number of nitrogens with zero attached hydrogens (tertiary/aromatic N) is 2. The quantitative estimate of drug-likeness (QED) is 0.702. The summed E-state index contributed by atoms with van der Waals surface area (Å²) < 4.78 is 6.44. The fraction of sp³-hybridized carbons (Fsp3) is 0.125. The summed E-state index contributed by atoms with van der Waals surface area (Å²) in [7, 11) is 0. The van der Waals surface area contributed by atoms with Crippen LogP contribution in [0.3, 0.4) is 0 Å². The van der Waals surface area contributed by atoms with Crippen LogP contribution in [-0.4, -0.2) is 10.1 Å². The topological polar surface area (TPSA) is 64.9 Å². The van der Waals surface area contributed by atoms with Crippen molar-refractivity contribution in [2.24, 2.45) is 0 Å². The van der Waals surface area contributed by atoms with Gasteiger partial charge in [0.15, 0.2) is 0 Å². The Morgan fingerprint density at radius 1 is 1.10 bits per heavy atom. The van der Waals surface area contributed by atoms with Crippen LogP contribution in [0.25, 0.3) is 22.8 Å². The van der Waals surface area contributed by atoms with Crippen molar-refractivity contribution in [2.45, 2.75) is 13.8 Å². The minimum absolute atomic E-state index is 0.432. The predicted octanol–water partition coefficient (Wildman–Crippen LogP) is 4.37. The van der Waals surface area contributed by atoms with E-state index in [0.29, 0.717) is 17.4 Å². The second kappa shape index (κ2) is 5.33. The Labute approximate surface area is 131 Å². The van der Waals surface area contributed by atoms with Crippen molar-refractivity contribution in [1.82, 2.24) is 10.1 Å². The zero-order chi connectivity index (χ0) is 15.0. The van der Waals surface area contributed by atoms with Crippen molar-refractivity contribution >= 4 is 21.6 Å². The van der Waals surface area contributed by atoms with Gasteiger partial charge in [-0.25, -0.2) is 0 Å². The Bertz CT molecular complexity index is 788. The van der Waals surface area contributed by atoms with Crippen molar-refractivity contribution in [3.05, 3.63) is 52.0 Å². The van der Waals surface area contributed by atoms with Gasteiger partial charge in [-0.15, -0.1) is 0 Å². The maximum absolute atomic E-state index is 5.93. The maximum atomic E-state index is 5.93.